The molecule has 2 aromatic heterocycles. The number of nitrogens with one attached hydrogen (secondary N) is 1. The number of hydrogen-bond donors (Lipinski definition) is 1. The van der Waals surface area contributed by atoms with E-state index in [2.05, 4.69) is 31.3 Å². The molecule has 6 heteroatoms. The molecule has 1 fully saturated rings. The summed E-state index contributed by atoms with van der Waals surface area (Å²) >= 11 is 0. The number of nitrogens with zero attached hydrogens (tertiary/aromatic N) is 3. The molecule has 1 saturated carbocycles. The number of rotatable bonds is 7. The van der Waals surface area contributed by atoms with Gasteiger partial charge in [-0.2, -0.15) is 10.1 Å². The fourth-order valence-electron chi connectivity index (χ4n) is 4.81. The Bertz CT molecular complexity index is 1110. The number of carbonyl (C=O) groups excluding carboxylic acids is 1. The second-order valence-corrected chi connectivity index (χ2v) is 8.89. The maximum absolute atomic E-state index is 12.6. The van der Waals surface area contributed by atoms with E-state index in [1.807, 2.05) is 30.7 Å². The Morgan fingerprint density at radius 3 is 2.69 bits per heavy atom. The summed E-state index contributed by atoms with van der Waals surface area (Å²) in [5.41, 5.74) is 5.99. The fraction of sp³-hybridized carbons (Fsp3) is 0.500. The van der Waals surface area contributed by atoms with Crippen LogP contribution in [0, 0.1) is 20.8 Å². The molecule has 1 aliphatic carbocycles. The molecule has 2 heterocycles. The lowest BCUT2D eigenvalue weighted by molar-refractivity contribution is -0.121. The third-order valence-electron chi connectivity index (χ3n) is 6.43. The zero-order valence-corrected chi connectivity index (χ0v) is 19.7. The number of aromatic nitrogens is 3. The number of aryl methyl sites for hydroxylation is 3. The highest BCUT2D eigenvalue weighted by atomic mass is 16.5. The molecule has 1 amide bonds. The highest BCUT2D eigenvalue weighted by Crippen LogP contribution is 2.32. The van der Waals surface area contributed by atoms with E-state index >= 15 is 0 Å². The van der Waals surface area contributed by atoms with Gasteiger partial charge in [0.1, 0.15) is 0 Å². The van der Waals surface area contributed by atoms with Gasteiger partial charge in [-0.25, -0.2) is 4.68 Å². The Morgan fingerprint density at radius 2 is 1.97 bits per heavy atom. The van der Waals surface area contributed by atoms with E-state index in [1.165, 1.54) is 24.8 Å². The van der Waals surface area contributed by atoms with Crippen LogP contribution in [0.3, 0.4) is 0 Å². The lowest BCUT2D eigenvalue weighted by atomic mass is 9.95. The summed E-state index contributed by atoms with van der Waals surface area (Å²) in [5, 5.41) is 9.06. The van der Waals surface area contributed by atoms with Gasteiger partial charge in [0.25, 0.3) is 0 Å². The van der Waals surface area contributed by atoms with Crippen LogP contribution in [0.15, 0.2) is 24.3 Å². The first-order chi connectivity index (χ1) is 15.5. The van der Waals surface area contributed by atoms with Crippen molar-refractivity contribution in [3.63, 3.8) is 0 Å². The van der Waals surface area contributed by atoms with E-state index in [0.717, 1.165) is 46.4 Å². The summed E-state index contributed by atoms with van der Waals surface area (Å²) in [6, 6.07) is 8.58. The Hall–Kier alpha value is -2.89. The number of ether oxygens (including phenoxy) is 1. The second kappa shape index (κ2) is 9.72. The van der Waals surface area contributed by atoms with Gasteiger partial charge in [-0.3, -0.25) is 4.79 Å². The van der Waals surface area contributed by atoms with E-state index in [-0.39, 0.29) is 5.91 Å². The standard InChI is InChI=1S/C26H34N4O2/c1-5-32-26-22(14-15-23(31)27-20-11-7-6-8-12-20)18(3)24-19(4)29-30(25(24)28-26)21-13-9-10-17(2)16-21/h9-10,13,16,20H,5-8,11-12,14-15H2,1-4H3,(H,27,31). The average molecular weight is 435 g/mol. The maximum Gasteiger partial charge on any atom is 0.220 e. The molecule has 0 spiro atoms. The number of carbonyl (C=O) groups is 1. The van der Waals surface area contributed by atoms with Crippen LogP contribution in [0.1, 0.15) is 67.8 Å². The molecular weight excluding hydrogens is 400 g/mol. The first-order valence-electron chi connectivity index (χ1n) is 11.9. The largest absolute Gasteiger partial charge is 0.478 e. The summed E-state index contributed by atoms with van der Waals surface area (Å²) < 4.78 is 7.84. The first kappa shape index (κ1) is 22.3. The van der Waals surface area contributed by atoms with Gasteiger partial charge in [0.15, 0.2) is 5.65 Å². The number of pyridine rings is 1. The van der Waals surface area contributed by atoms with Gasteiger partial charge in [0.2, 0.25) is 11.8 Å². The molecule has 0 unspecified atom stereocenters. The van der Waals surface area contributed by atoms with Gasteiger partial charge in [-0.05, 0) is 70.2 Å². The molecule has 0 atom stereocenters. The van der Waals surface area contributed by atoms with Gasteiger partial charge >= 0.3 is 0 Å². The van der Waals surface area contributed by atoms with E-state index in [0.29, 0.717) is 31.4 Å². The predicted octanol–water partition coefficient (Wildman–Crippen LogP) is 5.13. The quantitative estimate of drug-likeness (QED) is 0.560. The van der Waals surface area contributed by atoms with Crippen molar-refractivity contribution in [3.05, 3.63) is 46.6 Å². The highest BCUT2D eigenvalue weighted by Gasteiger charge is 2.21. The normalized spacial score (nSPS) is 14.6. The van der Waals surface area contributed by atoms with Gasteiger partial charge < -0.3 is 10.1 Å². The van der Waals surface area contributed by atoms with Gasteiger partial charge in [0, 0.05) is 23.4 Å². The van der Waals surface area contributed by atoms with Crippen molar-refractivity contribution in [1.29, 1.82) is 0 Å². The summed E-state index contributed by atoms with van der Waals surface area (Å²) in [6.07, 6.45) is 6.95. The molecule has 1 N–H and O–H groups in total. The van der Waals surface area contributed by atoms with Crippen molar-refractivity contribution in [2.45, 2.75) is 78.7 Å². The van der Waals surface area contributed by atoms with Crippen LogP contribution in [-0.2, 0) is 11.2 Å². The SMILES string of the molecule is CCOc1nc2c(c(C)nn2-c2cccc(C)c2)c(C)c1CCC(=O)NC1CCCCC1. The third kappa shape index (κ3) is 4.64. The van der Waals surface area contributed by atoms with E-state index < -0.39 is 0 Å². The molecule has 0 aliphatic heterocycles. The summed E-state index contributed by atoms with van der Waals surface area (Å²) in [4.78, 5) is 17.5. The lowest BCUT2D eigenvalue weighted by Crippen LogP contribution is -2.36. The molecule has 0 saturated heterocycles. The minimum Gasteiger partial charge on any atom is -0.478 e. The number of benzene rings is 1. The molecule has 1 aliphatic rings. The topological polar surface area (TPSA) is 69.0 Å². The second-order valence-electron chi connectivity index (χ2n) is 8.89. The maximum atomic E-state index is 12.6. The summed E-state index contributed by atoms with van der Waals surface area (Å²) in [5.74, 6) is 0.725. The molecular formula is C26H34N4O2. The Morgan fingerprint density at radius 1 is 1.19 bits per heavy atom. The Labute approximate surface area is 190 Å². The van der Waals surface area contributed by atoms with Crippen LogP contribution < -0.4 is 10.1 Å². The average Bonchev–Trinajstić information content (AvgIpc) is 3.11. The van der Waals surface area contributed by atoms with E-state index in [9.17, 15) is 4.79 Å². The Kier molecular flexibility index (Phi) is 6.77. The van der Waals surface area contributed by atoms with Crippen molar-refractivity contribution in [2.24, 2.45) is 0 Å². The summed E-state index contributed by atoms with van der Waals surface area (Å²) in [6.45, 7) is 8.67. The Balaban J connectivity index is 1.65. The van der Waals surface area contributed by atoms with Crippen LogP contribution in [0.2, 0.25) is 0 Å². The zero-order valence-electron chi connectivity index (χ0n) is 19.7. The smallest absolute Gasteiger partial charge is 0.220 e. The molecule has 3 aromatic rings. The molecule has 6 nitrogen and oxygen atoms in total. The van der Waals surface area contributed by atoms with Crippen LogP contribution in [0.5, 0.6) is 5.88 Å². The molecule has 170 valence electrons. The summed E-state index contributed by atoms with van der Waals surface area (Å²) in [7, 11) is 0. The van der Waals surface area contributed by atoms with Crippen LogP contribution >= 0.6 is 0 Å². The van der Waals surface area contributed by atoms with Crippen molar-refractivity contribution >= 4 is 16.9 Å². The number of fused-ring (bicyclic) bond motifs is 1. The first-order valence-corrected chi connectivity index (χ1v) is 11.9. The van der Waals surface area contributed by atoms with Crippen molar-refractivity contribution < 1.29 is 9.53 Å². The monoisotopic (exact) mass is 434 g/mol. The lowest BCUT2D eigenvalue weighted by Gasteiger charge is -2.23. The van der Waals surface area contributed by atoms with Crippen LogP contribution in [0.4, 0.5) is 0 Å². The molecule has 4 rings (SSSR count). The number of hydrogen-bond acceptors (Lipinski definition) is 4. The van der Waals surface area contributed by atoms with E-state index in [1.54, 1.807) is 0 Å². The highest BCUT2D eigenvalue weighted by molar-refractivity contribution is 5.86. The minimum atomic E-state index is 0.117. The third-order valence-corrected chi connectivity index (χ3v) is 6.43. The van der Waals surface area contributed by atoms with Gasteiger partial charge in [0.05, 0.1) is 18.0 Å². The van der Waals surface area contributed by atoms with Gasteiger partial charge in [-0.15, -0.1) is 0 Å². The molecule has 32 heavy (non-hydrogen) atoms. The van der Waals surface area contributed by atoms with Crippen LogP contribution in [0.25, 0.3) is 16.7 Å². The van der Waals surface area contributed by atoms with Crippen molar-refractivity contribution in [2.75, 3.05) is 6.61 Å². The van der Waals surface area contributed by atoms with E-state index in [4.69, 9.17) is 14.8 Å². The number of amides is 1. The van der Waals surface area contributed by atoms with Crippen molar-refractivity contribution in [1.82, 2.24) is 20.1 Å². The fourth-order valence-corrected chi connectivity index (χ4v) is 4.81. The minimum absolute atomic E-state index is 0.117. The predicted molar refractivity (Wildman–Crippen MR) is 128 cm³/mol. The van der Waals surface area contributed by atoms with Gasteiger partial charge in [-0.1, -0.05) is 31.4 Å². The molecule has 1 aromatic carbocycles. The molecule has 0 radical (unpaired) electrons. The molecule has 0 bridgehead atoms. The zero-order chi connectivity index (χ0) is 22.7. The van der Waals surface area contributed by atoms with Crippen LogP contribution in [-0.4, -0.2) is 33.3 Å². The van der Waals surface area contributed by atoms with Crippen molar-refractivity contribution in [3.8, 4) is 11.6 Å².